The van der Waals surface area contributed by atoms with Gasteiger partial charge in [0.25, 0.3) is 0 Å². The van der Waals surface area contributed by atoms with E-state index in [-0.39, 0.29) is 0 Å². The van der Waals surface area contributed by atoms with Gasteiger partial charge in [0.2, 0.25) is 0 Å². The number of rotatable bonds is 4. The maximum Gasteiger partial charge on any atom is 0.0213 e. The Labute approximate surface area is 89.9 Å². The fourth-order valence-corrected chi connectivity index (χ4v) is 2.68. The van der Waals surface area contributed by atoms with Crippen molar-refractivity contribution in [1.82, 2.24) is 10.2 Å². The smallest absolute Gasteiger partial charge is 0.0213 e. The molecule has 1 unspecified atom stereocenters. The van der Waals surface area contributed by atoms with Gasteiger partial charge in [0.1, 0.15) is 0 Å². The maximum absolute atomic E-state index is 3.53. The summed E-state index contributed by atoms with van der Waals surface area (Å²) in [6.07, 6.45) is 1.35. The van der Waals surface area contributed by atoms with E-state index in [0.29, 0.717) is 0 Å². The molecule has 0 aliphatic carbocycles. The molecule has 14 heavy (non-hydrogen) atoms. The quantitative estimate of drug-likeness (QED) is 0.815. The van der Waals surface area contributed by atoms with E-state index in [1.54, 1.807) is 11.3 Å². The molecule has 2 nitrogen and oxygen atoms in total. The molecule has 2 rings (SSSR count). The Morgan fingerprint density at radius 2 is 2.57 bits per heavy atom. The standard InChI is InChI=1S/C11H18N2S/c1-13-4-2-10(8-13)6-12-7-11-3-5-14-9-11/h3,5,9-10,12H,2,4,6-8H2,1H3. The van der Waals surface area contributed by atoms with Gasteiger partial charge in [-0.25, -0.2) is 0 Å². The molecule has 1 fully saturated rings. The summed E-state index contributed by atoms with van der Waals surface area (Å²) >= 11 is 1.77. The average Bonchev–Trinajstić information content (AvgIpc) is 2.77. The summed E-state index contributed by atoms with van der Waals surface area (Å²) < 4.78 is 0. The number of hydrogen-bond acceptors (Lipinski definition) is 3. The highest BCUT2D eigenvalue weighted by molar-refractivity contribution is 7.07. The van der Waals surface area contributed by atoms with Crippen molar-refractivity contribution >= 4 is 11.3 Å². The minimum absolute atomic E-state index is 0.860. The van der Waals surface area contributed by atoms with Crippen molar-refractivity contribution in [3.63, 3.8) is 0 Å². The lowest BCUT2D eigenvalue weighted by atomic mass is 10.1. The summed E-state index contributed by atoms with van der Waals surface area (Å²) in [4.78, 5) is 2.41. The van der Waals surface area contributed by atoms with Gasteiger partial charge in [0.15, 0.2) is 0 Å². The molecule has 2 heterocycles. The van der Waals surface area contributed by atoms with E-state index >= 15 is 0 Å². The van der Waals surface area contributed by atoms with E-state index in [2.05, 4.69) is 34.1 Å². The minimum atomic E-state index is 0.860. The first kappa shape index (κ1) is 10.1. The Balaban J connectivity index is 1.64. The summed E-state index contributed by atoms with van der Waals surface area (Å²) in [5, 5.41) is 7.89. The molecule has 1 N–H and O–H groups in total. The molecule has 0 aromatic carbocycles. The number of hydrogen-bond donors (Lipinski definition) is 1. The van der Waals surface area contributed by atoms with Crippen LogP contribution in [0.15, 0.2) is 16.8 Å². The Morgan fingerprint density at radius 1 is 1.64 bits per heavy atom. The van der Waals surface area contributed by atoms with Gasteiger partial charge in [-0.1, -0.05) is 0 Å². The van der Waals surface area contributed by atoms with Gasteiger partial charge in [-0.05, 0) is 54.9 Å². The van der Waals surface area contributed by atoms with Crippen molar-refractivity contribution in [3.8, 4) is 0 Å². The monoisotopic (exact) mass is 210 g/mol. The van der Waals surface area contributed by atoms with Gasteiger partial charge in [0, 0.05) is 13.1 Å². The molecule has 1 aromatic rings. The predicted molar refractivity (Wildman–Crippen MR) is 61.6 cm³/mol. The van der Waals surface area contributed by atoms with Crippen molar-refractivity contribution in [2.24, 2.45) is 5.92 Å². The Hall–Kier alpha value is -0.380. The van der Waals surface area contributed by atoms with Gasteiger partial charge in [-0.2, -0.15) is 11.3 Å². The molecular formula is C11H18N2S. The van der Waals surface area contributed by atoms with Crippen molar-refractivity contribution in [3.05, 3.63) is 22.4 Å². The van der Waals surface area contributed by atoms with Crippen molar-refractivity contribution < 1.29 is 0 Å². The zero-order chi connectivity index (χ0) is 9.80. The zero-order valence-electron chi connectivity index (χ0n) is 8.70. The van der Waals surface area contributed by atoms with Gasteiger partial charge in [0.05, 0.1) is 0 Å². The van der Waals surface area contributed by atoms with Crippen LogP contribution in [0.1, 0.15) is 12.0 Å². The first-order valence-corrected chi connectivity index (χ1v) is 6.19. The van der Waals surface area contributed by atoms with Crippen LogP contribution in [-0.4, -0.2) is 31.6 Å². The summed E-state index contributed by atoms with van der Waals surface area (Å²) in [5.41, 5.74) is 1.42. The predicted octanol–water partition coefficient (Wildman–Crippen LogP) is 1.79. The normalized spacial score (nSPS) is 23.1. The zero-order valence-corrected chi connectivity index (χ0v) is 9.52. The largest absolute Gasteiger partial charge is 0.312 e. The molecule has 1 aromatic heterocycles. The van der Waals surface area contributed by atoms with Crippen LogP contribution in [0.2, 0.25) is 0 Å². The molecule has 1 aliphatic rings. The van der Waals surface area contributed by atoms with Crippen LogP contribution in [0, 0.1) is 5.92 Å². The third kappa shape index (κ3) is 2.80. The summed E-state index contributed by atoms with van der Waals surface area (Å²) in [6.45, 7) is 4.73. The fraction of sp³-hybridized carbons (Fsp3) is 0.636. The van der Waals surface area contributed by atoms with Crippen molar-refractivity contribution in [2.75, 3.05) is 26.7 Å². The van der Waals surface area contributed by atoms with E-state index in [0.717, 1.165) is 12.5 Å². The van der Waals surface area contributed by atoms with Crippen LogP contribution in [0.3, 0.4) is 0 Å². The van der Waals surface area contributed by atoms with Gasteiger partial charge in [-0.15, -0.1) is 0 Å². The summed E-state index contributed by atoms with van der Waals surface area (Å²) in [5.74, 6) is 0.860. The molecule has 0 bridgehead atoms. The van der Waals surface area contributed by atoms with E-state index in [1.807, 2.05) is 0 Å². The molecule has 0 radical (unpaired) electrons. The maximum atomic E-state index is 3.53. The SMILES string of the molecule is CN1CCC(CNCc2ccsc2)C1. The Morgan fingerprint density at radius 3 is 3.21 bits per heavy atom. The highest BCUT2D eigenvalue weighted by Gasteiger charge is 2.18. The first-order valence-electron chi connectivity index (χ1n) is 5.25. The number of likely N-dealkylation sites (tertiary alicyclic amines) is 1. The second-order valence-corrected chi connectivity index (χ2v) is 4.96. The molecule has 0 saturated carbocycles. The third-order valence-electron chi connectivity index (χ3n) is 2.83. The molecule has 0 spiro atoms. The first-order chi connectivity index (χ1) is 6.84. The second-order valence-electron chi connectivity index (χ2n) is 4.18. The molecule has 1 aliphatic heterocycles. The highest BCUT2D eigenvalue weighted by atomic mass is 32.1. The van der Waals surface area contributed by atoms with Crippen LogP contribution in [0.5, 0.6) is 0 Å². The molecule has 1 atom stereocenters. The summed E-state index contributed by atoms with van der Waals surface area (Å²) in [6, 6.07) is 2.19. The topological polar surface area (TPSA) is 15.3 Å². The lowest BCUT2D eigenvalue weighted by molar-refractivity contribution is 0.388. The molecule has 1 saturated heterocycles. The van der Waals surface area contributed by atoms with Gasteiger partial charge in [-0.3, -0.25) is 0 Å². The number of nitrogens with one attached hydrogen (secondary N) is 1. The van der Waals surface area contributed by atoms with Gasteiger partial charge >= 0.3 is 0 Å². The van der Waals surface area contributed by atoms with E-state index in [4.69, 9.17) is 0 Å². The van der Waals surface area contributed by atoms with E-state index in [9.17, 15) is 0 Å². The van der Waals surface area contributed by atoms with Crippen molar-refractivity contribution in [1.29, 1.82) is 0 Å². The molecule has 78 valence electrons. The van der Waals surface area contributed by atoms with Crippen LogP contribution in [0.4, 0.5) is 0 Å². The minimum Gasteiger partial charge on any atom is -0.312 e. The Bertz CT molecular complexity index is 258. The van der Waals surface area contributed by atoms with Gasteiger partial charge < -0.3 is 10.2 Å². The van der Waals surface area contributed by atoms with E-state index < -0.39 is 0 Å². The average molecular weight is 210 g/mol. The second kappa shape index (κ2) is 4.91. The Kier molecular flexibility index (Phi) is 3.56. The van der Waals surface area contributed by atoms with Crippen molar-refractivity contribution in [2.45, 2.75) is 13.0 Å². The van der Waals surface area contributed by atoms with Crippen LogP contribution in [0.25, 0.3) is 0 Å². The van der Waals surface area contributed by atoms with Crippen LogP contribution in [-0.2, 0) is 6.54 Å². The third-order valence-corrected chi connectivity index (χ3v) is 3.56. The highest BCUT2D eigenvalue weighted by Crippen LogP contribution is 2.13. The fourth-order valence-electron chi connectivity index (χ4n) is 2.01. The summed E-state index contributed by atoms with van der Waals surface area (Å²) in [7, 11) is 2.21. The van der Waals surface area contributed by atoms with E-state index in [1.165, 1.54) is 31.6 Å². The lowest BCUT2D eigenvalue weighted by Crippen LogP contribution is -2.24. The number of thiophene rings is 1. The van der Waals surface area contributed by atoms with Crippen LogP contribution < -0.4 is 5.32 Å². The molecule has 0 amide bonds. The molecule has 3 heteroatoms. The van der Waals surface area contributed by atoms with Crippen LogP contribution >= 0.6 is 11.3 Å². The lowest BCUT2D eigenvalue weighted by Gasteiger charge is -2.10. The number of nitrogens with zero attached hydrogens (tertiary/aromatic N) is 1. The molecular weight excluding hydrogens is 192 g/mol.